The normalized spacial score (nSPS) is 20.7. The van der Waals surface area contributed by atoms with E-state index in [2.05, 4.69) is 6.92 Å². The summed E-state index contributed by atoms with van der Waals surface area (Å²) in [6, 6.07) is 0. The molecule has 1 N–H and O–H groups in total. The van der Waals surface area contributed by atoms with Crippen molar-refractivity contribution in [3.63, 3.8) is 0 Å². The number of hydrogen-bond donors (Lipinski definition) is 1. The standard InChI is InChI=1S/C20H36O4/c1-2-3-4-5-6-7-8-9-10-11-16-24-20(23)18-14-12-17(13-15-18)19(21)22/h17-18H,2-16H2,1H3,(H,21,22). The Morgan fingerprint density at radius 1 is 0.792 bits per heavy atom. The van der Waals surface area contributed by atoms with Crippen molar-refractivity contribution in [3.05, 3.63) is 0 Å². The van der Waals surface area contributed by atoms with Crippen molar-refractivity contribution in [2.75, 3.05) is 6.61 Å². The van der Waals surface area contributed by atoms with E-state index in [0.29, 0.717) is 32.3 Å². The number of aliphatic carboxylic acids is 1. The van der Waals surface area contributed by atoms with E-state index in [1.165, 1.54) is 51.4 Å². The van der Waals surface area contributed by atoms with Gasteiger partial charge in [0, 0.05) is 0 Å². The third-order valence-electron chi connectivity index (χ3n) is 5.15. The van der Waals surface area contributed by atoms with Gasteiger partial charge in [0.15, 0.2) is 0 Å². The van der Waals surface area contributed by atoms with Crippen molar-refractivity contribution >= 4 is 11.9 Å². The fourth-order valence-electron chi connectivity index (χ4n) is 3.46. The van der Waals surface area contributed by atoms with E-state index < -0.39 is 5.97 Å². The van der Waals surface area contributed by atoms with Crippen molar-refractivity contribution in [2.24, 2.45) is 11.8 Å². The quantitative estimate of drug-likeness (QED) is 0.363. The Morgan fingerprint density at radius 3 is 1.75 bits per heavy atom. The van der Waals surface area contributed by atoms with Gasteiger partial charge in [-0.2, -0.15) is 0 Å². The van der Waals surface area contributed by atoms with Crippen LogP contribution in [0.2, 0.25) is 0 Å². The number of esters is 1. The number of rotatable bonds is 13. The lowest BCUT2D eigenvalue weighted by Gasteiger charge is -2.24. The van der Waals surface area contributed by atoms with Gasteiger partial charge >= 0.3 is 11.9 Å². The predicted molar refractivity (Wildman–Crippen MR) is 95.9 cm³/mol. The molecule has 140 valence electrons. The lowest BCUT2D eigenvalue weighted by atomic mass is 9.82. The first-order chi connectivity index (χ1) is 11.6. The molecule has 0 aromatic rings. The minimum absolute atomic E-state index is 0.0799. The molecule has 0 spiro atoms. The second kappa shape index (κ2) is 13.3. The fraction of sp³-hybridized carbons (Fsp3) is 0.900. The Morgan fingerprint density at radius 2 is 1.25 bits per heavy atom. The molecule has 0 heterocycles. The summed E-state index contributed by atoms with van der Waals surface area (Å²) >= 11 is 0. The summed E-state index contributed by atoms with van der Waals surface area (Å²) in [4.78, 5) is 22.9. The first-order valence-electron chi connectivity index (χ1n) is 10.0. The summed E-state index contributed by atoms with van der Waals surface area (Å²) in [5.74, 6) is -1.19. The van der Waals surface area contributed by atoms with E-state index in [1.807, 2.05) is 0 Å². The van der Waals surface area contributed by atoms with Gasteiger partial charge in [0.25, 0.3) is 0 Å². The van der Waals surface area contributed by atoms with Crippen LogP contribution in [0.4, 0.5) is 0 Å². The van der Waals surface area contributed by atoms with Crippen LogP contribution >= 0.6 is 0 Å². The number of hydrogen-bond acceptors (Lipinski definition) is 3. The molecule has 4 nitrogen and oxygen atoms in total. The lowest BCUT2D eigenvalue weighted by Crippen LogP contribution is -2.27. The van der Waals surface area contributed by atoms with Gasteiger partial charge in [-0.15, -0.1) is 0 Å². The zero-order valence-electron chi connectivity index (χ0n) is 15.4. The van der Waals surface area contributed by atoms with Gasteiger partial charge < -0.3 is 9.84 Å². The molecule has 0 amide bonds. The molecule has 0 radical (unpaired) electrons. The van der Waals surface area contributed by atoms with Gasteiger partial charge in [0.05, 0.1) is 18.4 Å². The van der Waals surface area contributed by atoms with Crippen molar-refractivity contribution in [3.8, 4) is 0 Å². The summed E-state index contributed by atoms with van der Waals surface area (Å²) in [6.07, 6.45) is 15.2. The predicted octanol–water partition coefficient (Wildman–Crippen LogP) is 5.34. The highest BCUT2D eigenvalue weighted by molar-refractivity contribution is 5.74. The zero-order chi connectivity index (χ0) is 17.6. The molecule has 1 rings (SSSR count). The molecule has 1 aliphatic rings. The summed E-state index contributed by atoms with van der Waals surface area (Å²) in [7, 11) is 0. The van der Waals surface area contributed by atoms with E-state index >= 15 is 0 Å². The molecular weight excluding hydrogens is 304 g/mol. The molecular formula is C20H36O4. The van der Waals surface area contributed by atoms with Crippen molar-refractivity contribution in [1.82, 2.24) is 0 Å². The molecule has 4 heteroatoms. The first kappa shape index (κ1) is 21.0. The number of unbranched alkanes of at least 4 members (excludes halogenated alkanes) is 9. The summed E-state index contributed by atoms with van der Waals surface area (Å²) in [5.41, 5.74) is 0. The van der Waals surface area contributed by atoms with Crippen LogP contribution in [0.1, 0.15) is 96.8 Å². The van der Waals surface area contributed by atoms with Crippen molar-refractivity contribution < 1.29 is 19.4 Å². The molecule has 0 bridgehead atoms. The van der Waals surface area contributed by atoms with Gasteiger partial charge in [-0.25, -0.2) is 0 Å². The topological polar surface area (TPSA) is 63.6 Å². The van der Waals surface area contributed by atoms with Crippen LogP contribution in [0, 0.1) is 11.8 Å². The van der Waals surface area contributed by atoms with Crippen LogP contribution in [0.25, 0.3) is 0 Å². The zero-order valence-corrected chi connectivity index (χ0v) is 15.4. The van der Waals surface area contributed by atoms with Gasteiger partial charge in [-0.3, -0.25) is 9.59 Å². The third-order valence-corrected chi connectivity index (χ3v) is 5.15. The second-order valence-corrected chi connectivity index (χ2v) is 7.24. The fourth-order valence-corrected chi connectivity index (χ4v) is 3.46. The molecule has 0 unspecified atom stereocenters. The Kier molecular flexibility index (Phi) is 11.6. The highest BCUT2D eigenvalue weighted by Crippen LogP contribution is 2.29. The molecule has 24 heavy (non-hydrogen) atoms. The Hall–Kier alpha value is -1.06. The van der Waals surface area contributed by atoms with E-state index in [4.69, 9.17) is 9.84 Å². The largest absolute Gasteiger partial charge is 0.481 e. The van der Waals surface area contributed by atoms with E-state index in [9.17, 15) is 9.59 Å². The smallest absolute Gasteiger partial charge is 0.308 e. The Bertz CT molecular complexity index is 346. The van der Waals surface area contributed by atoms with Crippen molar-refractivity contribution in [1.29, 1.82) is 0 Å². The maximum Gasteiger partial charge on any atom is 0.308 e. The van der Waals surface area contributed by atoms with Crippen LogP contribution in [0.5, 0.6) is 0 Å². The van der Waals surface area contributed by atoms with E-state index in [1.54, 1.807) is 0 Å². The average Bonchev–Trinajstić information content (AvgIpc) is 2.59. The highest BCUT2D eigenvalue weighted by atomic mass is 16.5. The number of carbonyl (C=O) groups excluding carboxylic acids is 1. The Labute approximate surface area is 147 Å². The average molecular weight is 341 g/mol. The van der Waals surface area contributed by atoms with Crippen LogP contribution in [0.15, 0.2) is 0 Å². The molecule has 1 aliphatic carbocycles. The molecule has 0 aliphatic heterocycles. The molecule has 0 atom stereocenters. The summed E-state index contributed by atoms with van der Waals surface area (Å²) in [6.45, 7) is 2.77. The maximum atomic E-state index is 12.0. The number of ether oxygens (including phenoxy) is 1. The summed E-state index contributed by atoms with van der Waals surface area (Å²) in [5, 5.41) is 8.96. The SMILES string of the molecule is CCCCCCCCCCCCOC(=O)C1CCC(C(=O)O)CC1. The Balaban J connectivity index is 1.91. The van der Waals surface area contributed by atoms with Gasteiger partial charge in [-0.05, 0) is 32.1 Å². The molecule has 1 saturated carbocycles. The second-order valence-electron chi connectivity index (χ2n) is 7.24. The number of carbonyl (C=O) groups is 2. The van der Waals surface area contributed by atoms with Gasteiger partial charge in [0.2, 0.25) is 0 Å². The van der Waals surface area contributed by atoms with Crippen LogP contribution in [-0.4, -0.2) is 23.7 Å². The summed E-state index contributed by atoms with van der Waals surface area (Å²) < 4.78 is 5.36. The first-order valence-corrected chi connectivity index (χ1v) is 10.0. The van der Waals surface area contributed by atoms with Crippen LogP contribution in [-0.2, 0) is 14.3 Å². The van der Waals surface area contributed by atoms with E-state index in [-0.39, 0.29) is 17.8 Å². The number of carboxylic acids is 1. The monoisotopic (exact) mass is 340 g/mol. The molecule has 0 aromatic heterocycles. The highest BCUT2D eigenvalue weighted by Gasteiger charge is 2.30. The number of carboxylic acid groups (broad SMARTS) is 1. The van der Waals surface area contributed by atoms with Gasteiger partial charge in [-0.1, -0.05) is 64.7 Å². The van der Waals surface area contributed by atoms with Gasteiger partial charge in [0.1, 0.15) is 0 Å². The van der Waals surface area contributed by atoms with E-state index in [0.717, 1.165) is 12.8 Å². The van der Waals surface area contributed by atoms with Crippen LogP contribution < -0.4 is 0 Å². The molecule has 1 fully saturated rings. The molecule has 0 saturated heterocycles. The van der Waals surface area contributed by atoms with Crippen molar-refractivity contribution in [2.45, 2.75) is 96.8 Å². The van der Waals surface area contributed by atoms with Crippen LogP contribution in [0.3, 0.4) is 0 Å². The minimum Gasteiger partial charge on any atom is -0.481 e. The molecule has 0 aromatic carbocycles. The third kappa shape index (κ3) is 9.29. The maximum absolute atomic E-state index is 12.0. The minimum atomic E-state index is -0.729. The lowest BCUT2D eigenvalue weighted by molar-refractivity contribution is -0.152.